The molecule has 1 aromatic rings. The Morgan fingerprint density at radius 1 is 1.22 bits per heavy atom. The molecule has 0 unspecified atom stereocenters. The Hall–Kier alpha value is -1.22. The van der Waals surface area contributed by atoms with Gasteiger partial charge in [0.15, 0.2) is 0 Å². The SMILES string of the molecule is Cc1ccc(N)c(NCC2(O)CCCCCC2)c1. The number of anilines is 2. The summed E-state index contributed by atoms with van der Waals surface area (Å²) < 4.78 is 0. The maximum absolute atomic E-state index is 10.6. The van der Waals surface area contributed by atoms with Crippen molar-refractivity contribution >= 4 is 11.4 Å². The van der Waals surface area contributed by atoms with Gasteiger partial charge in [0, 0.05) is 6.54 Å². The third-order valence-electron chi connectivity index (χ3n) is 3.85. The second-order valence-electron chi connectivity index (χ2n) is 5.58. The third kappa shape index (κ3) is 3.39. The maximum atomic E-state index is 10.6. The zero-order chi connectivity index (χ0) is 13.0. The molecule has 0 saturated heterocycles. The number of aryl methyl sites for hydroxylation is 1. The van der Waals surface area contributed by atoms with Crippen LogP contribution in [0.15, 0.2) is 18.2 Å². The fourth-order valence-corrected chi connectivity index (χ4v) is 2.65. The third-order valence-corrected chi connectivity index (χ3v) is 3.85. The van der Waals surface area contributed by atoms with Gasteiger partial charge >= 0.3 is 0 Å². The van der Waals surface area contributed by atoms with Crippen LogP contribution in [0.4, 0.5) is 11.4 Å². The highest BCUT2D eigenvalue weighted by Gasteiger charge is 2.27. The summed E-state index contributed by atoms with van der Waals surface area (Å²) in [6.07, 6.45) is 6.53. The Bertz CT molecular complexity index is 395. The minimum absolute atomic E-state index is 0.563. The van der Waals surface area contributed by atoms with Gasteiger partial charge in [-0.3, -0.25) is 0 Å². The highest BCUT2D eigenvalue weighted by molar-refractivity contribution is 5.67. The van der Waals surface area contributed by atoms with E-state index < -0.39 is 5.60 Å². The van der Waals surface area contributed by atoms with Gasteiger partial charge in [-0.05, 0) is 37.5 Å². The van der Waals surface area contributed by atoms with Crippen LogP contribution in [-0.2, 0) is 0 Å². The molecule has 0 aromatic heterocycles. The molecule has 3 nitrogen and oxygen atoms in total. The molecule has 0 heterocycles. The van der Waals surface area contributed by atoms with Crippen molar-refractivity contribution in [3.05, 3.63) is 23.8 Å². The van der Waals surface area contributed by atoms with E-state index in [1.165, 1.54) is 18.4 Å². The highest BCUT2D eigenvalue weighted by atomic mass is 16.3. The van der Waals surface area contributed by atoms with Gasteiger partial charge in [-0.15, -0.1) is 0 Å². The van der Waals surface area contributed by atoms with E-state index in [1.54, 1.807) is 0 Å². The lowest BCUT2D eigenvalue weighted by Crippen LogP contribution is -2.36. The molecule has 1 aromatic carbocycles. The Labute approximate surface area is 109 Å². The van der Waals surface area contributed by atoms with Crippen LogP contribution in [0.5, 0.6) is 0 Å². The van der Waals surface area contributed by atoms with Crippen molar-refractivity contribution < 1.29 is 5.11 Å². The number of aliphatic hydroxyl groups is 1. The number of nitrogens with one attached hydrogen (secondary N) is 1. The monoisotopic (exact) mass is 248 g/mol. The predicted octanol–water partition coefficient (Wildman–Crippen LogP) is 3.07. The van der Waals surface area contributed by atoms with Crippen LogP contribution in [0.1, 0.15) is 44.1 Å². The molecule has 100 valence electrons. The van der Waals surface area contributed by atoms with Gasteiger partial charge in [0.25, 0.3) is 0 Å². The van der Waals surface area contributed by atoms with Gasteiger partial charge in [-0.2, -0.15) is 0 Å². The quantitative estimate of drug-likeness (QED) is 0.569. The van der Waals surface area contributed by atoms with E-state index in [2.05, 4.69) is 5.32 Å². The fraction of sp³-hybridized carbons (Fsp3) is 0.600. The molecular weight excluding hydrogens is 224 g/mol. The van der Waals surface area contributed by atoms with Crippen molar-refractivity contribution in [1.82, 2.24) is 0 Å². The molecule has 1 aliphatic rings. The molecule has 0 spiro atoms. The van der Waals surface area contributed by atoms with E-state index in [9.17, 15) is 5.11 Å². The standard InChI is InChI=1S/C15H24N2O/c1-12-6-7-13(16)14(10-12)17-11-15(18)8-4-2-3-5-9-15/h6-7,10,17-18H,2-5,8-9,11,16H2,1H3. The molecule has 0 atom stereocenters. The molecule has 1 fully saturated rings. The first-order chi connectivity index (χ1) is 8.59. The van der Waals surface area contributed by atoms with Crippen LogP contribution in [0, 0.1) is 6.92 Å². The minimum Gasteiger partial charge on any atom is -0.397 e. The van der Waals surface area contributed by atoms with Crippen LogP contribution < -0.4 is 11.1 Å². The summed E-state index contributed by atoms with van der Waals surface area (Å²) in [5.74, 6) is 0. The fourth-order valence-electron chi connectivity index (χ4n) is 2.65. The van der Waals surface area contributed by atoms with E-state index in [0.717, 1.165) is 37.1 Å². The molecule has 0 aliphatic heterocycles. The van der Waals surface area contributed by atoms with E-state index in [0.29, 0.717) is 6.54 Å². The van der Waals surface area contributed by atoms with Gasteiger partial charge in [0.1, 0.15) is 0 Å². The molecule has 18 heavy (non-hydrogen) atoms. The van der Waals surface area contributed by atoms with E-state index >= 15 is 0 Å². The predicted molar refractivity (Wildman–Crippen MR) is 76.7 cm³/mol. The summed E-state index contributed by atoms with van der Waals surface area (Å²) >= 11 is 0. The zero-order valence-corrected chi connectivity index (χ0v) is 11.2. The molecule has 0 bridgehead atoms. The van der Waals surface area contributed by atoms with Crippen molar-refractivity contribution in [2.75, 3.05) is 17.6 Å². The van der Waals surface area contributed by atoms with Gasteiger partial charge in [-0.25, -0.2) is 0 Å². The van der Waals surface area contributed by atoms with Crippen LogP contribution in [0.2, 0.25) is 0 Å². The molecule has 1 aliphatic carbocycles. The van der Waals surface area contributed by atoms with Gasteiger partial charge in [0.2, 0.25) is 0 Å². The number of nitrogens with two attached hydrogens (primary N) is 1. The largest absolute Gasteiger partial charge is 0.397 e. The summed E-state index contributed by atoms with van der Waals surface area (Å²) in [6, 6.07) is 5.95. The van der Waals surface area contributed by atoms with E-state index in [-0.39, 0.29) is 0 Å². The van der Waals surface area contributed by atoms with Crippen molar-refractivity contribution in [3.8, 4) is 0 Å². The summed E-state index contributed by atoms with van der Waals surface area (Å²) in [4.78, 5) is 0. The van der Waals surface area contributed by atoms with Crippen LogP contribution in [0.25, 0.3) is 0 Å². The number of hydrogen-bond acceptors (Lipinski definition) is 3. The number of nitrogen functional groups attached to an aromatic ring is 1. The first-order valence-electron chi connectivity index (χ1n) is 6.91. The Kier molecular flexibility index (Phi) is 4.12. The lowest BCUT2D eigenvalue weighted by molar-refractivity contribution is 0.0381. The first kappa shape index (κ1) is 13.2. The van der Waals surface area contributed by atoms with Crippen molar-refractivity contribution in [1.29, 1.82) is 0 Å². The van der Waals surface area contributed by atoms with Crippen LogP contribution >= 0.6 is 0 Å². The molecular formula is C15H24N2O. The highest BCUT2D eigenvalue weighted by Crippen LogP contribution is 2.28. The lowest BCUT2D eigenvalue weighted by Gasteiger charge is -2.27. The summed E-state index contributed by atoms with van der Waals surface area (Å²) in [6.45, 7) is 2.64. The molecule has 4 N–H and O–H groups in total. The lowest BCUT2D eigenvalue weighted by atomic mass is 9.94. The number of rotatable bonds is 3. The van der Waals surface area contributed by atoms with Gasteiger partial charge in [0.05, 0.1) is 17.0 Å². The summed E-state index contributed by atoms with van der Waals surface area (Å²) in [7, 11) is 0. The molecule has 0 radical (unpaired) electrons. The van der Waals surface area contributed by atoms with Gasteiger partial charge in [-0.1, -0.05) is 31.7 Å². The Morgan fingerprint density at radius 3 is 2.56 bits per heavy atom. The van der Waals surface area contributed by atoms with Crippen molar-refractivity contribution in [3.63, 3.8) is 0 Å². The Balaban J connectivity index is 1.99. The molecule has 2 rings (SSSR count). The minimum atomic E-state index is -0.563. The second kappa shape index (κ2) is 5.61. The Morgan fingerprint density at radius 2 is 1.89 bits per heavy atom. The van der Waals surface area contributed by atoms with E-state index in [4.69, 9.17) is 5.73 Å². The van der Waals surface area contributed by atoms with Crippen LogP contribution in [-0.4, -0.2) is 17.3 Å². The maximum Gasteiger partial charge on any atom is 0.0819 e. The average molecular weight is 248 g/mol. The summed E-state index contributed by atoms with van der Waals surface area (Å²) in [5.41, 5.74) is 8.24. The summed E-state index contributed by atoms with van der Waals surface area (Å²) in [5, 5.41) is 13.9. The van der Waals surface area contributed by atoms with E-state index in [1.807, 2.05) is 25.1 Å². The smallest absolute Gasteiger partial charge is 0.0819 e. The first-order valence-corrected chi connectivity index (χ1v) is 6.91. The molecule has 0 amide bonds. The second-order valence-corrected chi connectivity index (χ2v) is 5.58. The number of benzene rings is 1. The topological polar surface area (TPSA) is 58.3 Å². The van der Waals surface area contributed by atoms with Gasteiger partial charge < -0.3 is 16.2 Å². The molecule has 1 saturated carbocycles. The zero-order valence-electron chi connectivity index (χ0n) is 11.2. The average Bonchev–Trinajstić information content (AvgIpc) is 2.56. The number of hydrogen-bond donors (Lipinski definition) is 3. The van der Waals surface area contributed by atoms with Crippen molar-refractivity contribution in [2.24, 2.45) is 0 Å². The van der Waals surface area contributed by atoms with Crippen LogP contribution in [0.3, 0.4) is 0 Å². The molecule has 3 heteroatoms. The van der Waals surface area contributed by atoms with Crippen molar-refractivity contribution in [2.45, 2.75) is 51.0 Å². The normalized spacial score (nSPS) is 19.2.